The van der Waals surface area contributed by atoms with Crippen molar-refractivity contribution in [2.24, 2.45) is 7.05 Å². The highest BCUT2D eigenvalue weighted by Gasteiger charge is 2.12. The first-order valence-corrected chi connectivity index (χ1v) is 6.46. The monoisotopic (exact) mass is 271 g/mol. The molecule has 7 heteroatoms. The molecule has 0 aliphatic rings. The molecule has 3 aromatic heterocycles. The molecule has 3 heterocycles. The maximum absolute atomic E-state index is 4.58. The van der Waals surface area contributed by atoms with Crippen LogP contribution in [0.25, 0.3) is 11.0 Å². The maximum atomic E-state index is 4.58. The molecule has 104 valence electrons. The van der Waals surface area contributed by atoms with E-state index in [1.807, 2.05) is 38.7 Å². The van der Waals surface area contributed by atoms with Crippen LogP contribution in [0.4, 0.5) is 5.82 Å². The van der Waals surface area contributed by atoms with Crippen LogP contribution in [0.5, 0.6) is 0 Å². The van der Waals surface area contributed by atoms with Crippen LogP contribution in [0.1, 0.15) is 17.2 Å². The molecule has 0 saturated carbocycles. The number of anilines is 1. The summed E-state index contributed by atoms with van der Waals surface area (Å²) in [6.45, 7) is 4.56. The topological polar surface area (TPSA) is 73.5 Å². The van der Waals surface area contributed by atoms with Crippen LogP contribution in [0.15, 0.2) is 12.3 Å². The zero-order chi connectivity index (χ0) is 14.3. The third-order valence-electron chi connectivity index (χ3n) is 3.27. The molecular formula is C13H17N7. The quantitative estimate of drug-likeness (QED) is 0.776. The minimum Gasteiger partial charge on any atom is -0.372 e. The number of fused-ring (bicyclic) bond motifs is 1. The molecule has 0 saturated heterocycles. The lowest BCUT2D eigenvalue weighted by Crippen LogP contribution is -2.10. The fraction of sp³-hybridized carbons (Fsp3) is 0.385. The zero-order valence-corrected chi connectivity index (χ0v) is 12.0. The predicted molar refractivity (Wildman–Crippen MR) is 76.7 cm³/mol. The summed E-state index contributed by atoms with van der Waals surface area (Å²) in [5.41, 5.74) is 2.92. The van der Waals surface area contributed by atoms with Gasteiger partial charge in [0.05, 0.1) is 17.3 Å². The second-order valence-electron chi connectivity index (χ2n) is 4.83. The molecule has 7 nitrogen and oxygen atoms in total. The van der Waals surface area contributed by atoms with E-state index < -0.39 is 0 Å². The number of aryl methyl sites for hydroxylation is 3. The van der Waals surface area contributed by atoms with E-state index in [2.05, 4.69) is 25.5 Å². The molecule has 1 N–H and O–H groups in total. The van der Waals surface area contributed by atoms with Gasteiger partial charge in [0, 0.05) is 19.8 Å². The Kier molecular flexibility index (Phi) is 2.89. The molecule has 0 unspecified atom stereocenters. The van der Waals surface area contributed by atoms with Crippen LogP contribution in [-0.4, -0.2) is 36.6 Å². The summed E-state index contributed by atoms with van der Waals surface area (Å²) >= 11 is 0. The Bertz CT molecular complexity index is 768. The van der Waals surface area contributed by atoms with Crippen molar-refractivity contribution in [3.05, 3.63) is 29.5 Å². The van der Waals surface area contributed by atoms with Gasteiger partial charge in [-0.05, 0) is 19.9 Å². The van der Waals surface area contributed by atoms with Crippen molar-refractivity contribution in [2.75, 3.05) is 12.4 Å². The van der Waals surface area contributed by atoms with Gasteiger partial charge in [-0.1, -0.05) is 0 Å². The maximum Gasteiger partial charge on any atom is 0.163 e. The summed E-state index contributed by atoms with van der Waals surface area (Å²) < 4.78 is 3.66. The van der Waals surface area contributed by atoms with Crippen molar-refractivity contribution in [1.29, 1.82) is 0 Å². The van der Waals surface area contributed by atoms with Gasteiger partial charge in [-0.25, -0.2) is 9.97 Å². The smallest absolute Gasteiger partial charge is 0.163 e. The minimum absolute atomic E-state index is 0.551. The van der Waals surface area contributed by atoms with Gasteiger partial charge in [-0.15, -0.1) is 0 Å². The number of rotatable bonds is 3. The first kappa shape index (κ1) is 12.6. The molecule has 0 amide bonds. The Balaban J connectivity index is 2.07. The van der Waals surface area contributed by atoms with Crippen molar-refractivity contribution in [3.63, 3.8) is 0 Å². The summed E-state index contributed by atoms with van der Waals surface area (Å²) in [5, 5.41) is 12.7. The number of nitrogens with zero attached hydrogens (tertiary/aromatic N) is 6. The molecule has 3 rings (SSSR count). The number of hydrogen-bond acceptors (Lipinski definition) is 5. The van der Waals surface area contributed by atoms with E-state index in [-0.39, 0.29) is 0 Å². The van der Waals surface area contributed by atoms with Crippen LogP contribution in [0.3, 0.4) is 0 Å². The third-order valence-corrected chi connectivity index (χ3v) is 3.27. The fourth-order valence-corrected chi connectivity index (χ4v) is 2.30. The summed E-state index contributed by atoms with van der Waals surface area (Å²) in [5.74, 6) is 1.51. The Morgan fingerprint density at radius 3 is 2.70 bits per heavy atom. The van der Waals surface area contributed by atoms with Gasteiger partial charge in [-0.3, -0.25) is 9.36 Å². The van der Waals surface area contributed by atoms with Gasteiger partial charge in [0.1, 0.15) is 12.4 Å². The second-order valence-corrected chi connectivity index (χ2v) is 4.83. The molecule has 0 bridgehead atoms. The molecular weight excluding hydrogens is 254 g/mol. The van der Waals surface area contributed by atoms with Crippen molar-refractivity contribution < 1.29 is 0 Å². The Hall–Kier alpha value is -2.44. The molecule has 0 aliphatic carbocycles. The first-order chi connectivity index (χ1) is 9.58. The fourth-order valence-electron chi connectivity index (χ4n) is 2.30. The van der Waals surface area contributed by atoms with E-state index in [0.29, 0.717) is 6.54 Å². The van der Waals surface area contributed by atoms with Crippen LogP contribution in [-0.2, 0) is 13.6 Å². The van der Waals surface area contributed by atoms with Gasteiger partial charge >= 0.3 is 0 Å². The third kappa shape index (κ3) is 2.01. The molecule has 0 radical (unpaired) electrons. The summed E-state index contributed by atoms with van der Waals surface area (Å²) in [4.78, 5) is 9.12. The van der Waals surface area contributed by atoms with Gasteiger partial charge in [0.25, 0.3) is 0 Å². The second kappa shape index (κ2) is 4.59. The van der Waals surface area contributed by atoms with Gasteiger partial charge < -0.3 is 5.32 Å². The Labute approximate surface area is 116 Å². The molecule has 0 aromatic carbocycles. The van der Waals surface area contributed by atoms with E-state index in [4.69, 9.17) is 0 Å². The first-order valence-electron chi connectivity index (χ1n) is 6.46. The van der Waals surface area contributed by atoms with Crippen molar-refractivity contribution >= 4 is 16.9 Å². The van der Waals surface area contributed by atoms with E-state index in [1.165, 1.54) is 0 Å². The van der Waals surface area contributed by atoms with Crippen LogP contribution >= 0.6 is 0 Å². The standard InChI is InChI=1S/C13H17N7/c1-8-5-9(2)20(18-8)7-11-16-12(14-3)10-6-15-19(4)13(10)17-11/h5-6H,7H2,1-4H3,(H,14,16,17). The highest BCUT2D eigenvalue weighted by Crippen LogP contribution is 2.19. The zero-order valence-electron chi connectivity index (χ0n) is 12.0. The SMILES string of the molecule is CNc1nc(Cn2nc(C)cc2C)nc2c1cnn2C. The van der Waals surface area contributed by atoms with E-state index in [1.54, 1.807) is 10.9 Å². The molecule has 0 aliphatic heterocycles. The molecule has 0 fully saturated rings. The number of aromatic nitrogens is 6. The highest BCUT2D eigenvalue weighted by molar-refractivity contribution is 5.86. The Morgan fingerprint density at radius 1 is 1.25 bits per heavy atom. The molecule has 0 atom stereocenters. The lowest BCUT2D eigenvalue weighted by Gasteiger charge is -2.07. The van der Waals surface area contributed by atoms with Crippen molar-refractivity contribution in [3.8, 4) is 0 Å². The van der Waals surface area contributed by atoms with E-state index >= 15 is 0 Å². The predicted octanol–water partition coefficient (Wildman–Crippen LogP) is 1.27. The summed E-state index contributed by atoms with van der Waals surface area (Å²) in [7, 11) is 3.73. The van der Waals surface area contributed by atoms with Crippen molar-refractivity contribution in [1.82, 2.24) is 29.5 Å². The van der Waals surface area contributed by atoms with Gasteiger partial charge in [0.2, 0.25) is 0 Å². The summed E-state index contributed by atoms with van der Waals surface area (Å²) in [6.07, 6.45) is 1.77. The van der Waals surface area contributed by atoms with Crippen molar-refractivity contribution in [2.45, 2.75) is 20.4 Å². The lowest BCUT2D eigenvalue weighted by atomic mass is 10.3. The van der Waals surface area contributed by atoms with Gasteiger partial charge in [0.15, 0.2) is 11.5 Å². The lowest BCUT2D eigenvalue weighted by molar-refractivity contribution is 0.632. The largest absolute Gasteiger partial charge is 0.372 e. The van der Waals surface area contributed by atoms with Gasteiger partial charge in [-0.2, -0.15) is 10.2 Å². The number of hydrogen-bond donors (Lipinski definition) is 1. The van der Waals surface area contributed by atoms with Crippen LogP contribution in [0, 0.1) is 13.8 Å². The normalized spacial score (nSPS) is 11.2. The summed E-state index contributed by atoms with van der Waals surface area (Å²) in [6, 6.07) is 2.04. The average Bonchev–Trinajstić information content (AvgIpc) is 2.93. The number of nitrogens with one attached hydrogen (secondary N) is 1. The van der Waals surface area contributed by atoms with E-state index in [9.17, 15) is 0 Å². The molecule has 3 aromatic rings. The average molecular weight is 271 g/mol. The van der Waals surface area contributed by atoms with Crippen LogP contribution < -0.4 is 5.32 Å². The van der Waals surface area contributed by atoms with Crippen LogP contribution in [0.2, 0.25) is 0 Å². The molecule has 20 heavy (non-hydrogen) atoms. The molecule has 0 spiro atoms. The minimum atomic E-state index is 0.551. The Morgan fingerprint density at radius 2 is 2.05 bits per heavy atom. The highest BCUT2D eigenvalue weighted by atomic mass is 15.3. The van der Waals surface area contributed by atoms with E-state index in [0.717, 1.165) is 34.1 Å².